The van der Waals surface area contributed by atoms with E-state index in [4.69, 9.17) is 5.73 Å². The quantitative estimate of drug-likeness (QED) is 0.811. The zero-order valence-electron chi connectivity index (χ0n) is 10.1. The van der Waals surface area contributed by atoms with Crippen molar-refractivity contribution in [3.05, 3.63) is 60.2 Å². The van der Waals surface area contributed by atoms with Gasteiger partial charge in [-0.15, -0.1) is 11.8 Å². The molecule has 0 radical (unpaired) electrons. The molecule has 2 nitrogen and oxygen atoms in total. The highest BCUT2D eigenvalue weighted by atomic mass is 32.2. The summed E-state index contributed by atoms with van der Waals surface area (Å²) in [6.07, 6.45) is 0.786. The van der Waals surface area contributed by atoms with Gasteiger partial charge in [0.05, 0.1) is 0 Å². The lowest BCUT2D eigenvalue weighted by molar-refractivity contribution is 0.474. The molecule has 0 aromatic heterocycles. The largest absolute Gasteiger partial charge is 0.508 e. The number of hydrogen-bond donors (Lipinski definition) is 2. The molecule has 2 rings (SSSR count). The van der Waals surface area contributed by atoms with Gasteiger partial charge in [0.25, 0.3) is 0 Å². The number of aromatic hydroxyl groups is 1. The Morgan fingerprint density at radius 3 is 2.56 bits per heavy atom. The first-order valence-corrected chi connectivity index (χ1v) is 6.94. The van der Waals surface area contributed by atoms with E-state index in [1.165, 1.54) is 4.90 Å². The minimum Gasteiger partial charge on any atom is -0.508 e. The minimum absolute atomic E-state index is 0.0945. The van der Waals surface area contributed by atoms with E-state index in [2.05, 4.69) is 12.1 Å². The van der Waals surface area contributed by atoms with Crippen LogP contribution in [-0.2, 0) is 6.42 Å². The third-order valence-electron chi connectivity index (χ3n) is 2.62. The zero-order chi connectivity index (χ0) is 12.8. The van der Waals surface area contributed by atoms with Gasteiger partial charge in [-0.05, 0) is 36.2 Å². The first-order chi connectivity index (χ1) is 8.74. The van der Waals surface area contributed by atoms with Crippen LogP contribution in [0.5, 0.6) is 5.75 Å². The first kappa shape index (κ1) is 13.0. The molecule has 0 heterocycles. The van der Waals surface area contributed by atoms with Crippen LogP contribution >= 0.6 is 11.8 Å². The molecule has 0 aliphatic heterocycles. The molecule has 2 aromatic carbocycles. The standard InChI is InChI=1S/C15H17NOS/c16-13(9-12-5-4-6-14(17)10-12)11-18-15-7-2-1-3-8-15/h1-8,10,13,17H,9,11,16H2. The molecule has 3 N–H and O–H groups in total. The smallest absolute Gasteiger partial charge is 0.115 e. The van der Waals surface area contributed by atoms with Gasteiger partial charge in [0.2, 0.25) is 0 Å². The normalized spacial score (nSPS) is 12.3. The molecule has 0 saturated carbocycles. The second kappa shape index (κ2) is 6.47. The van der Waals surface area contributed by atoms with Crippen molar-refractivity contribution in [2.24, 2.45) is 5.73 Å². The van der Waals surface area contributed by atoms with Crippen molar-refractivity contribution in [3.8, 4) is 5.75 Å². The fraction of sp³-hybridized carbons (Fsp3) is 0.200. The molecular weight excluding hydrogens is 242 g/mol. The number of phenolic OH excluding ortho intramolecular Hbond substituents is 1. The highest BCUT2D eigenvalue weighted by molar-refractivity contribution is 7.99. The van der Waals surface area contributed by atoms with E-state index >= 15 is 0 Å². The molecular formula is C15H17NOS. The van der Waals surface area contributed by atoms with Crippen molar-refractivity contribution in [3.63, 3.8) is 0 Å². The van der Waals surface area contributed by atoms with E-state index in [-0.39, 0.29) is 6.04 Å². The maximum absolute atomic E-state index is 9.39. The molecule has 0 aliphatic carbocycles. The number of benzene rings is 2. The van der Waals surface area contributed by atoms with Crippen LogP contribution in [0.15, 0.2) is 59.5 Å². The summed E-state index contributed by atoms with van der Waals surface area (Å²) in [4.78, 5) is 1.24. The molecule has 3 heteroatoms. The summed E-state index contributed by atoms with van der Waals surface area (Å²) in [5.41, 5.74) is 7.18. The van der Waals surface area contributed by atoms with Crippen molar-refractivity contribution in [1.29, 1.82) is 0 Å². The minimum atomic E-state index is 0.0945. The Morgan fingerprint density at radius 2 is 1.83 bits per heavy atom. The third-order valence-corrected chi connectivity index (χ3v) is 3.82. The number of nitrogens with two attached hydrogens (primary N) is 1. The molecule has 0 amide bonds. The number of thioether (sulfide) groups is 1. The summed E-state index contributed by atoms with van der Waals surface area (Å²) >= 11 is 1.76. The Hall–Kier alpha value is -1.45. The molecule has 0 aliphatic rings. The van der Waals surface area contributed by atoms with Crippen LogP contribution in [0.2, 0.25) is 0 Å². The van der Waals surface area contributed by atoms with Gasteiger partial charge in [0.1, 0.15) is 5.75 Å². The summed E-state index contributed by atoms with van der Waals surface area (Å²) < 4.78 is 0. The lowest BCUT2D eigenvalue weighted by atomic mass is 10.1. The van der Waals surface area contributed by atoms with Crippen molar-refractivity contribution < 1.29 is 5.11 Å². The predicted molar refractivity (Wildman–Crippen MR) is 77.0 cm³/mol. The van der Waals surface area contributed by atoms with Crippen LogP contribution in [-0.4, -0.2) is 16.9 Å². The van der Waals surface area contributed by atoms with E-state index in [9.17, 15) is 5.11 Å². The number of phenols is 1. The third kappa shape index (κ3) is 4.09. The van der Waals surface area contributed by atoms with Crippen molar-refractivity contribution in [1.82, 2.24) is 0 Å². The van der Waals surface area contributed by atoms with Crippen LogP contribution < -0.4 is 5.73 Å². The van der Waals surface area contributed by atoms with E-state index in [0.717, 1.165) is 17.7 Å². The maximum atomic E-state index is 9.39. The Morgan fingerprint density at radius 1 is 1.06 bits per heavy atom. The fourth-order valence-corrected chi connectivity index (χ4v) is 2.64. The molecule has 2 aromatic rings. The van der Waals surface area contributed by atoms with Crippen molar-refractivity contribution in [2.45, 2.75) is 17.4 Å². The average molecular weight is 259 g/mol. The average Bonchev–Trinajstić information content (AvgIpc) is 2.38. The van der Waals surface area contributed by atoms with Gasteiger partial charge in [-0.25, -0.2) is 0 Å². The summed E-state index contributed by atoms with van der Waals surface area (Å²) in [7, 11) is 0. The number of rotatable bonds is 5. The molecule has 0 spiro atoms. The second-order valence-electron chi connectivity index (χ2n) is 4.26. The molecule has 1 unspecified atom stereocenters. The lowest BCUT2D eigenvalue weighted by Gasteiger charge is -2.11. The van der Waals surface area contributed by atoms with Gasteiger partial charge in [-0.2, -0.15) is 0 Å². The lowest BCUT2D eigenvalue weighted by Crippen LogP contribution is -2.25. The van der Waals surface area contributed by atoms with Gasteiger partial charge in [-0.3, -0.25) is 0 Å². The van der Waals surface area contributed by atoms with Crippen LogP contribution in [0.4, 0.5) is 0 Å². The fourth-order valence-electron chi connectivity index (χ4n) is 1.77. The molecule has 1 atom stereocenters. The van der Waals surface area contributed by atoms with E-state index in [0.29, 0.717) is 5.75 Å². The van der Waals surface area contributed by atoms with Gasteiger partial charge >= 0.3 is 0 Å². The summed E-state index contributed by atoms with van der Waals surface area (Å²) in [5.74, 6) is 1.18. The van der Waals surface area contributed by atoms with E-state index in [1.54, 1.807) is 23.9 Å². The maximum Gasteiger partial charge on any atom is 0.115 e. The Bertz CT molecular complexity index is 487. The van der Waals surface area contributed by atoms with Gasteiger partial charge < -0.3 is 10.8 Å². The van der Waals surface area contributed by atoms with Crippen LogP contribution in [0, 0.1) is 0 Å². The Balaban J connectivity index is 1.84. The van der Waals surface area contributed by atoms with Crippen LogP contribution in [0.25, 0.3) is 0 Å². The summed E-state index contributed by atoms with van der Waals surface area (Å²) in [5, 5.41) is 9.39. The summed E-state index contributed by atoms with van der Waals surface area (Å²) in [6.45, 7) is 0. The Labute approximate surface area is 112 Å². The van der Waals surface area contributed by atoms with Crippen molar-refractivity contribution in [2.75, 3.05) is 5.75 Å². The van der Waals surface area contributed by atoms with Crippen LogP contribution in [0.1, 0.15) is 5.56 Å². The monoisotopic (exact) mass is 259 g/mol. The molecule has 94 valence electrons. The zero-order valence-corrected chi connectivity index (χ0v) is 10.9. The highest BCUT2D eigenvalue weighted by Gasteiger charge is 2.05. The second-order valence-corrected chi connectivity index (χ2v) is 5.35. The SMILES string of the molecule is NC(CSc1ccccc1)Cc1cccc(O)c1. The Kier molecular flexibility index (Phi) is 4.67. The first-order valence-electron chi connectivity index (χ1n) is 5.95. The highest BCUT2D eigenvalue weighted by Crippen LogP contribution is 2.19. The topological polar surface area (TPSA) is 46.2 Å². The number of hydrogen-bond acceptors (Lipinski definition) is 3. The molecule has 0 fully saturated rings. The van der Waals surface area contributed by atoms with Crippen LogP contribution in [0.3, 0.4) is 0 Å². The molecule has 18 heavy (non-hydrogen) atoms. The molecule has 0 bridgehead atoms. The van der Waals surface area contributed by atoms with E-state index in [1.807, 2.05) is 30.3 Å². The van der Waals surface area contributed by atoms with Gasteiger partial charge in [0, 0.05) is 16.7 Å². The van der Waals surface area contributed by atoms with Gasteiger partial charge in [0.15, 0.2) is 0 Å². The summed E-state index contributed by atoms with van der Waals surface area (Å²) in [6, 6.07) is 17.6. The van der Waals surface area contributed by atoms with Crippen molar-refractivity contribution >= 4 is 11.8 Å². The van der Waals surface area contributed by atoms with E-state index < -0.39 is 0 Å². The predicted octanol–water partition coefficient (Wildman–Crippen LogP) is 3.05. The molecule has 0 saturated heterocycles. The van der Waals surface area contributed by atoms with Gasteiger partial charge in [-0.1, -0.05) is 30.3 Å².